The molecule has 6 nitrogen and oxygen atoms in total. The highest BCUT2D eigenvalue weighted by molar-refractivity contribution is 5.97. The lowest BCUT2D eigenvalue weighted by Crippen LogP contribution is -2.42. The van der Waals surface area contributed by atoms with Gasteiger partial charge in [-0.2, -0.15) is 0 Å². The van der Waals surface area contributed by atoms with Gasteiger partial charge in [0.15, 0.2) is 0 Å². The number of cyclic esters (lactones) is 1. The number of imide groups is 1. The van der Waals surface area contributed by atoms with Crippen molar-refractivity contribution in [3.8, 4) is 11.5 Å². The van der Waals surface area contributed by atoms with E-state index in [1.54, 1.807) is 39.3 Å². The first-order chi connectivity index (χ1) is 13.0. The Morgan fingerprint density at radius 3 is 2.37 bits per heavy atom. The normalized spacial score (nSPS) is 17.4. The molecule has 2 amide bonds. The Labute approximate surface area is 158 Å². The molecule has 0 aromatic heterocycles. The zero-order valence-electron chi connectivity index (χ0n) is 15.7. The van der Waals surface area contributed by atoms with Gasteiger partial charge in [0.05, 0.1) is 26.2 Å². The standard InChI is InChI=1S/C21H23NO5/c1-14(16-10-18(25-2)12-19(11-16)26-3)20(23)22-17(13-27-21(22)24)9-15-7-5-4-6-8-15/h4-8,10-12,14,17H,9,13H2,1-3H3/t14-,17-/m1/s1. The van der Waals surface area contributed by atoms with Gasteiger partial charge in [-0.3, -0.25) is 4.79 Å². The molecule has 0 radical (unpaired) electrons. The average molecular weight is 369 g/mol. The van der Waals surface area contributed by atoms with Crippen molar-refractivity contribution in [2.45, 2.75) is 25.3 Å². The summed E-state index contributed by atoms with van der Waals surface area (Å²) >= 11 is 0. The van der Waals surface area contributed by atoms with E-state index in [1.807, 2.05) is 30.3 Å². The number of amides is 2. The molecular formula is C21H23NO5. The van der Waals surface area contributed by atoms with Gasteiger partial charge < -0.3 is 14.2 Å². The van der Waals surface area contributed by atoms with Crippen molar-refractivity contribution in [3.63, 3.8) is 0 Å². The second kappa shape index (κ2) is 8.12. The van der Waals surface area contributed by atoms with Gasteiger partial charge in [-0.15, -0.1) is 0 Å². The smallest absolute Gasteiger partial charge is 0.417 e. The molecule has 2 aromatic carbocycles. The van der Waals surface area contributed by atoms with Crippen LogP contribution in [0.25, 0.3) is 0 Å². The van der Waals surface area contributed by atoms with Gasteiger partial charge in [0.25, 0.3) is 0 Å². The lowest BCUT2D eigenvalue weighted by molar-refractivity contribution is -0.130. The molecule has 1 aliphatic heterocycles. The minimum Gasteiger partial charge on any atom is -0.497 e. The first-order valence-corrected chi connectivity index (χ1v) is 8.80. The first kappa shape index (κ1) is 18.8. The lowest BCUT2D eigenvalue weighted by Gasteiger charge is -2.23. The maximum absolute atomic E-state index is 13.1. The summed E-state index contributed by atoms with van der Waals surface area (Å²) in [7, 11) is 3.11. The van der Waals surface area contributed by atoms with Crippen molar-refractivity contribution in [1.29, 1.82) is 0 Å². The van der Waals surface area contributed by atoms with Crippen molar-refractivity contribution in [1.82, 2.24) is 4.90 Å². The van der Waals surface area contributed by atoms with Gasteiger partial charge in [0.2, 0.25) is 5.91 Å². The van der Waals surface area contributed by atoms with Crippen LogP contribution >= 0.6 is 0 Å². The molecule has 0 saturated carbocycles. The highest BCUT2D eigenvalue weighted by Crippen LogP contribution is 2.30. The molecule has 1 fully saturated rings. The second-order valence-electron chi connectivity index (χ2n) is 6.50. The summed E-state index contributed by atoms with van der Waals surface area (Å²) < 4.78 is 15.7. The molecule has 0 unspecified atom stereocenters. The maximum Gasteiger partial charge on any atom is 0.417 e. The fourth-order valence-electron chi connectivity index (χ4n) is 3.20. The Morgan fingerprint density at radius 2 is 1.78 bits per heavy atom. The van der Waals surface area contributed by atoms with Crippen molar-refractivity contribution in [2.75, 3.05) is 20.8 Å². The highest BCUT2D eigenvalue weighted by Gasteiger charge is 2.40. The number of methoxy groups -OCH3 is 2. The Balaban J connectivity index is 1.83. The number of carbonyl (C=O) groups is 2. The van der Waals surface area contributed by atoms with E-state index in [0.717, 1.165) is 11.1 Å². The minimum absolute atomic E-state index is 0.202. The molecule has 0 N–H and O–H groups in total. The van der Waals surface area contributed by atoms with Crippen molar-refractivity contribution in [2.24, 2.45) is 0 Å². The molecule has 1 heterocycles. The van der Waals surface area contributed by atoms with E-state index in [9.17, 15) is 9.59 Å². The first-order valence-electron chi connectivity index (χ1n) is 8.80. The quantitative estimate of drug-likeness (QED) is 0.781. The summed E-state index contributed by atoms with van der Waals surface area (Å²) in [6.45, 7) is 1.97. The third-order valence-electron chi connectivity index (χ3n) is 4.76. The Kier molecular flexibility index (Phi) is 5.64. The van der Waals surface area contributed by atoms with Gasteiger partial charge in [-0.25, -0.2) is 9.69 Å². The maximum atomic E-state index is 13.1. The van der Waals surface area contributed by atoms with Crippen LogP contribution in [-0.4, -0.2) is 43.8 Å². The molecule has 6 heteroatoms. The third-order valence-corrected chi connectivity index (χ3v) is 4.76. The molecule has 2 atom stereocenters. The number of benzene rings is 2. The van der Waals surface area contributed by atoms with Crippen LogP contribution in [0.2, 0.25) is 0 Å². The molecule has 2 aromatic rings. The number of rotatable bonds is 6. The van der Waals surface area contributed by atoms with Crippen molar-refractivity contribution < 1.29 is 23.8 Å². The van der Waals surface area contributed by atoms with Gasteiger partial charge in [0.1, 0.15) is 18.1 Å². The van der Waals surface area contributed by atoms with Gasteiger partial charge in [-0.1, -0.05) is 30.3 Å². The van der Waals surface area contributed by atoms with E-state index in [0.29, 0.717) is 17.9 Å². The molecule has 0 bridgehead atoms. The topological polar surface area (TPSA) is 65.1 Å². The number of ether oxygens (including phenoxy) is 3. The van der Waals surface area contributed by atoms with E-state index in [4.69, 9.17) is 14.2 Å². The van der Waals surface area contributed by atoms with Crippen LogP contribution in [0.15, 0.2) is 48.5 Å². The van der Waals surface area contributed by atoms with E-state index in [1.165, 1.54) is 4.90 Å². The molecule has 1 saturated heterocycles. The van der Waals surface area contributed by atoms with Crippen LogP contribution in [0.3, 0.4) is 0 Å². The molecule has 142 valence electrons. The Morgan fingerprint density at radius 1 is 1.15 bits per heavy atom. The molecule has 0 spiro atoms. The van der Waals surface area contributed by atoms with Crippen LogP contribution < -0.4 is 9.47 Å². The monoisotopic (exact) mass is 369 g/mol. The molecular weight excluding hydrogens is 346 g/mol. The number of nitrogens with zero attached hydrogens (tertiary/aromatic N) is 1. The largest absolute Gasteiger partial charge is 0.497 e. The van der Waals surface area contributed by atoms with Crippen LogP contribution in [0.1, 0.15) is 24.0 Å². The van der Waals surface area contributed by atoms with Crippen LogP contribution in [-0.2, 0) is 16.0 Å². The summed E-state index contributed by atoms with van der Waals surface area (Å²) in [5.74, 6) is 0.342. The third kappa shape index (κ3) is 4.05. The lowest BCUT2D eigenvalue weighted by atomic mass is 9.97. The predicted octanol–water partition coefficient (Wildman–Crippen LogP) is 3.40. The van der Waals surface area contributed by atoms with Gasteiger partial charge in [0, 0.05) is 6.07 Å². The Bertz CT molecular complexity index is 798. The number of hydrogen-bond acceptors (Lipinski definition) is 5. The van der Waals surface area contributed by atoms with Crippen molar-refractivity contribution in [3.05, 3.63) is 59.7 Å². The van der Waals surface area contributed by atoms with E-state index >= 15 is 0 Å². The fraction of sp³-hybridized carbons (Fsp3) is 0.333. The molecule has 27 heavy (non-hydrogen) atoms. The van der Waals surface area contributed by atoms with E-state index < -0.39 is 12.0 Å². The average Bonchev–Trinajstić information content (AvgIpc) is 3.07. The fourth-order valence-corrected chi connectivity index (χ4v) is 3.20. The molecule has 0 aliphatic carbocycles. The number of carbonyl (C=O) groups excluding carboxylic acids is 2. The van der Waals surface area contributed by atoms with Crippen LogP contribution in [0.5, 0.6) is 11.5 Å². The zero-order valence-corrected chi connectivity index (χ0v) is 15.7. The molecule has 3 rings (SSSR count). The van der Waals surface area contributed by atoms with Gasteiger partial charge >= 0.3 is 6.09 Å². The summed E-state index contributed by atoms with van der Waals surface area (Å²) in [4.78, 5) is 26.6. The summed E-state index contributed by atoms with van der Waals surface area (Å²) in [6, 6.07) is 14.7. The predicted molar refractivity (Wildman–Crippen MR) is 100 cm³/mol. The van der Waals surface area contributed by atoms with E-state index in [-0.39, 0.29) is 18.6 Å². The summed E-state index contributed by atoms with van der Waals surface area (Å²) in [6.07, 6.45) is -0.0328. The van der Waals surface area contributed by atoms with E-state index in [2.05, 4.69) is 0 Å². The molecule has 1 aliphatic rings. The van der Waals surface area contributed by atoms with Crippen LogP contribution in [0, 0.1) is 0 Å². The SMILES string of the molecule is COc1cc(OC)cc([C@@H](C)C(=O)N2C(=O)OC[C@H]2Cc2ccccc2)c1. The van der Waals surface area contributed by atoms with Crippen LogP contribution in [0.4, 0.5) is 4.79 Å². The van der Waals surface area contributed by atoms with Crippen molar-refractivity contribution >= 4 is 12.0 Å². The summed E-state index contributed by atoms with van der Waals surface area (Å²) in [5.41, 5.74) is 1.77. The number of hydrogen-bond donors (Lipinski definition) is 0. The van der Waals surface area contributed by atoms with Gasteiger partial charge in [-0.05, 0) is 36.6 Å². The summed E-state index contributed by atoms with van der Waals surface area (Å²) in [5, 5.41) is 0. The minimum atomic E-state index is -0.595. The second-order valence-corrected chi connectivity index (χ2v) is 6.50. The Hall–Kier alpha value is -3.02. The zero-order chi connectivity index (χ0) is 19.4. The highest BCUT2D eigenvalue weighted by atomic mass is 16.6.